The largest absolute Gasteiger partial charge is 0.442 e. The van der Waals surface area contributed by atoms with Gasteiger partial charge in [0, 0.05) is 12.1 Å². The van der Waals surface area contributed by atoms with Crippen LogP contribution in [0.25, 0.3) is 0 Å². The number of hydrogen-bond donors (Lipinski definition) is 3. The maximum absolute atomic E-state index is 12.8. The Hall–Kier alpha value is -1.22. The Labute approximate surface area is 204 Å². The van der Waals surface area contributed by atoms with Crippen LogP contribution >= 0.6 is 12.4 Å². The molecular formula is C24H45ClF3N5. The van der Waals surface area contributed by atoms with E-state index in [1.165, 1.54) is 25.0 Å². The first-order chi connectivity index (χ1) is 15.0. The highest BCUT2D eigenvalue weighted by atomic mass is 35.5. The van der Waals surface area contributed by atoms with Crippen LogP contribution in [0.5, 0.6) is 0 Å². The number of nitrogens with zero attached hydrogens (tertiary/aromatic N) is 2. The minimum absolute atomic E-state index is 0. The molecule has 1 aliphatic heterocycles. The molecule has 1 aliphatic rings. The predicted molar refractivity (Wildman–Crippen MR) is 134 cm³/mol. The minimum atomic E-state index is -4.46. The third kappa shape index (κ3) is 12.7. The standard InChI is InChI=1S/C14H18F3N3.2C5H13N.ClH/c1-3-10(2)8-18-9-11-4-6-12(7-5-11)13(19-20-13)14(15,16)17;2*1-3-5(2)4-6;/h4-7,10,18H,3,8-9H2,1-2H3;2*5H,3-4,6H2,1-2H3;1H. The number of halogens is 4. The third-order valence-electron chi connectivity index (χ3n) is 5.77. The van der Waals surface area contributed by atoms with Gasteiger partial charge in [0.05, 0.1) is 0 Å². The van der Waals surface area contributed by atoms with Gasteiger partial charge in [-0.3, -0.25) is 0 Å². The van der Waals surface area contributed by atoms with Gasteiger partial charge in [0.2, 0.25) is 0 Å². The van der Waals surface area contributed by atoms with Crippen molar-refractivity contribution in [3.63, 3.8) is 0 Å². The number of benzene rings is 1. The van der Waals surface area contributed by atoms with Crippen LogP contribution in [0.3, 0.4) is 0 Å². The van der Waals surface area contributed by atoms with Crippen molar-refractivity contribution in [2.45, 2.75) is 79.2 Å². The molecule has 0 radical (unpaired) electrons. The Morgan fingerprint density at radius 2 is 1.27 bits per heavy atom. The molecule has 3 unspecified atom stereocenters. The van der Waals surface area contributed by atoms with E-state index in [0.29, 0.717) is 24.3 Å². The van der Waals surface area contributed by atoms with Crippen molar-refractivity contribution in [2.24, 2.45) is 39.4 Å². The molecule has 0 saturated heterocycles. The summed E-state index contributed by atoms with van der Waals surface area (Å²) in [5.41, 5.74) is 9.29. The highest BCUT2D eigenvalue weighted by Gasteiger charge is 2.65. The average molecular weight is 496 g/mol. The lowest BCUT2D eigenvalue weighted by Crippen LogP contribution is -2.30. The van der Waals surface area contributed by atoms with Crippen LogP contribution in [0.4, 0.5) is 13.2 Å². The van der Waals surface area contributed by atoms with Gasteiger partial charge in [-0.05, 0) is 43.0 Å². The number of nitrogens with two attached hydrogens (primary N) is 2. The summed E-state index contributed by atoms with van der Waals surface area (Å²) in [6.45, 7) is 16.1. The Kier molecular flexibility index (Phi) is 17.7. The smallest absolute Gasteiger partial charge is 0.330 e. The maximum atomic E-state index is 12.8. The van der Waals surface area contributed by atoms with Crippen molar-refractivity contribution in [1.29, 1.82) is 0 Å². The molecule has 2 rings (SSSR count). The Bertz CT molecular complexity index is 614. The molecule has 5 N–H and O–H groups in total. The average Bonchev–Trinajstić information content (AvgIpc) is 3.61. The first-order valence-electron chi connectivity index (χ1n) is 11.7. The second kappa shape index (κ2) is 17.2. The molecule has 33 heavy (non-hydrogen) atoms. The van der Waals surface area contributed by atoms with Gasteiger partial charge in [0.1, 0.15) is 0 Å². The second-order valence-corrected chi connectivity index (χ2v) is 8.71. The third-order valence-corrected chi connectivity index (χ3v) is 5.77. The molecule has 1 aromatic carbocycles. The molecule has 0 aliphatic carbocycles. The van der Waals surface area contributed by atoms with Crippen LogP contribution in [0.2, 0.25) is 0 Å². The molecule has 0 aromatic heterocycles. The quantitative estimate of drug-likeness (QED) is 0.350. The summed E-state index contributed by atoms with van der Waals surface area (Å²) in [5.74, 6) is 2.02. The van der Waals surface area contributed by atoms with E-state index in [0.717, 1.165) is 31.6 Å². The molecule has 1 aromatic rings. The van der Waals surface area contributed by atoms with E-state index in [4.69, 9.17) is 11.5 Å². The van der Waals surface area contributed by atoms with Crippen LogP contribution in [0.1, 0.15) is 71.9 Å². The van der Waals surface area contributed by atoms with Crippen molar-refractivity contribution >= 4 is 12.4 Å². The fourth-order valence-electron chi connectivity index (χ4n) is 2.24. The van der Waals surface area contributed by atoms with Crippen LogP contribution in [0, 0.1) is 17.8 Å². The van der Waals surface area contributed by atoms with Gasteiger partial charge in [-0.25, -0.2) is 0 Å². The molecule has 3 atom stereocenters. The Morgan fingerprint density at radius 3 is 1.55 bits per heavy atom. The topological polar surface area (TPSA) is 88.8 Å². The van der Waals surface area contributed by atoms with Crippen LogP contribution in [-0.2, 0) is 12.2 Å². The van der Waals surface area contributed by atoms with Gasteiger partial charge >= 0.3 is 11.8 Å². The van der Waals surface area contributed by atoms with E-state index in [2.05, 4.69) is 57.1 Å². The van der Waals surface area contributed by atoms with Crippen molar-refractivity contribution in [1.82, 2.24) is 5.32 Å². The van der Waals surface area contributed by atoms with E-state index in [1.54, 1.807) is 12.1 Å². The predicted octanol–water partition coefficient (Wildman–Crippen LogP) is 6.41. The van der Waals surface area contributed by atoms with Crippen LogP contribution < -0.4 is 16.8 Å². The lowest BCUT2D eigenvalue weighted by Gasteiger charge is -2.15. The number of alkyl halides is 3. The van der Waals surface area contributed by atoms with E-state index in [9.17, 15) is 13.2 Å². The summed E-state index contributed by atoms with van der Waals surface area (Å²) >= 11 is 0. The fraction of sp³-hybridized carbons (Fsp3) is 0.750. The van der Waals surface area contributed by atoms with Gasteiger partial charge in [0.25, 0.3) is 0 Å². The van der Waals surface area contributed by atoms with Gasteiger partial charge in [-0.1, -0.05) is 85.1 Å². The molecule has 0 spiro atoms. The van der Waals surface area contributed by atoms with Gasteiger partial charge < -0.3 is 16.8 Å². The Morgan fingerprint density at radius 1 is 0.848 bits per heavy atom. The van der Waals surface area contributed by atoms with Crippen molar-refractivity contribution in [3.8, 4) is 0 Å². The second-order valence-electron chi connectivity index (χ2n) is 8.71. The Balaban J connectivity index is 0. The van der Waals surface area contributed by atoms with E-state index < -0.39 is 11.8 Å². The lowest BCUT2D eigenvalue weighted by molar-refractivity contribution is -0.166. The summed E-state index contributed by atoms with van der Waals surface area (Å²) in [6, 6.07) is 6.28. The maximum Gasteiger partial charge on any atom is 0.442 e. The number of nitrogens with one attached hydrogen (secondary N) is 1. The summed E-state index contributed by atoms with van der Waals surface area (Å²) in [7, 11) is 0. The van der Waals surface area contributed by atoms with E-state index in [-0.39, 0.29) is 18.0 Å². The molecule has 194 valence electrons. The van der Waals surface area contributed by atoms with Crippen molar-refractivity contribution < 1.29 is 13.2 Å². The minimum Gasteiger partial charge on any atom is -0.330 e. The normalized spacial score (nSPS) is 16.2. The molecule has 0 bridgehead atoms. The summed E-state index contributed by atoms with van der Waals surface area (Å²) in [5, 5.41) is 9.66. The van der Waals surface area contributed by atoms with E-state index >= 15 is 0 Å². The molecule has 0 fully saturated rings. The zero-order chi connectivity index (χ0) is 24.8. The molecule has 9 heteroatoms. The fourth-order valence-corrected chi connectivity index (χ4v) is 2.24. The zero-order valence-corrected chi connectivity index (χ0v) is 21.9. The highest BCUT2D eigenvalue weighted by Crippen LogP contribution is 2.52. The zero-order valence-electron chi connectivity index (χ0n) is 21.1. The number of hydrogen-bond acceptors (Lipinski definition) is 5. The summed E-state index contributed by atoms with van der Waals surface area (Å²) < 4.78 is 38.4. The molecule has 0 amide bonds. The monoisotopic (exact) mass is 495 g/mol. The summed E-state index contributed by atoms with van der Waals surface area (Å²) in [6.07, 6.45) is -0.945. The van der Waals surface area contributed by atoms with Gasteiger partial charge in [-0.15, -0.1) is 22.6 Å². The molecule has 5 nitrogen and oxygen atoms in total. The lowest BCUT2D eigenvalue weighted by atomic mass is 10.0. The van der Waals surface area contributed by atoms with Gasteiger partial charge in [0.15, 0.2) is 0 Å². The van der Waals surface area contributed by atoms with Crippen molar-refractivity contribution in [3.05, 3.63) is 35.4 Å². The van der Waals surface area contributed by atoms with Crippen LogP contribution in [0.15, 0.2) is 34.5 Å². The first-order valence-corrected chi connectivity index (χ1v) is 11.7. The van der Waals surface area contributed by atoms with E-state index in [1.807, 2.05) is 0 Å². The summed E-state index contributed by atoms with van der Waals surface area (Å²) in [4.78, 5) is 0. The first kappa shape index (κ1) is 34.0. The molecular weight excluding hydrogens is 451 g/mol. The highest BCUT2D eigenvalue weighted by molar-refractivity contribution is 5.85. The SMILES string of the molecule is CCC(C)CN.CCC(C)CN.CCC(C)CNCc1ccc(C2(C(F)(F)F)N=N2)cc1.Cl. The van der Waals surface area contributed by atoms with Crippen molar-refractivity contribution in [2.75, 3.05) is 19.6 Å². The molecule has 1 heterocycles. The number of rotatable bonds is 10. The molecule has 0 saturated carbocycles. The van der Waals surface area contributed by atoms with Gasteiger partial charge in [-0.2, -0.15) is 13.2 Å². The van der Waals surface area contributed by atoms with Crippen LogP contribution in [-0.4, -0.2) is 25.8 Å².